The monoisotopic (exact) mass is 314 g/mol. The smallest absolute Gasteiger partial charge is 0.270 e. The molecule has 0 amide bonds. The molecule has 0 unspecified atom stereocenters. The molecule has 0 aliphatic carbocycles. The molecular formula is C16H14N2O3S. The minimum absolute atomic E-state index is 0.0369. The third-order valence-electron chi connectivity index (χ3n) is 3.69. The number of nitro benzene ring substituents is 1. The van der Waals surface area contributed by atoms with Crippen molar-refractivity contribution in [3.05, 3.63) is 63.1 Å². The van der Waals surface area contributed by atoms with Crippen molar-refractivity contribution < 1.29 is 10.0 Å². The van der Waals surface area contributed by atoms with Crippen LogP contribution in [-0.4, -0.2) is 15.0 Å². The highest BCUT2D eigenvalue weighted by Crippen LogP contribution is 2.41. The van der Waals surface area contributed by atoms with Crippen molar-refractivity contribution in [1.29, 1.82) is 0 Å². The fraction of sp³-hybridized carbons (Fsp3) is 0.188. The molecule has 0 atom stereocenters. The van der Waals surface area contributed by atoms with Crippen LogP contribution in [-0.2, 0) is 5.41 Å². The highest BCUT2D eigenvalue weighted by Gasteiger charge is 2.31. The van der Waals surface area contributed by atoms with E-state index in [0.717, 1.165) is 15.2 Å². The van der Waals surface area contributed by atoms with Crippen molar-refractivity contribution in [2.24, 2.45) is 0 Å². The lowest BCUT2D eigenvalue weighted by atomic mass is 9.84. The Bertz CT molecular complexity index is 838. The van der Waals surface area contributed by atoms with Crippen molar-refractivity contribution in [2.75, 3.05) is 0 Å². The van der Waals surface area contributed by atoms with Gasteiger partial charge in [0.2, 0.25) is 0 Å². The van der Waals surface area contributed by atoms with Gasteiger partial charge in [0.1, 0.15) is 10.8 Å². The SMILES string of the molecule is CC(C)(c1nc2ccccc2s1)c1cc([N+](=O)[O-])ccc1O. The highest BCUT2D eigenvalue weighted by molar-refractivity contribution is 7.18. The summed E-state index contributed by atoms with van der Waals surface area (Å²) in [5, 5.41) is 21.9. The maximum absolute atomic E-state index is 11.0. The predicted octanol–water partition coefficient (Wildman–Crippen LogP) is 4.24. The maximum Gasteiger partial charge on any atom is 0.270 e. The van der Waals surface area contributed by atoms with Crippen LogP contribution < -0.4 is 0 Å². The van der Waals surface area contributed by atoms with E-state index in [9.17, 15) is 15.2 Å². The van der Waals surface area contributed by atoms with Crippen molar-refractivity contribution in [3.63, 3.8) is 0 Å². The molecule has 1 aromatic heterocycles. The largest absolute Gasteiger partial charge is 0.508 e. The number of fused-ring (bicyclic) bond motifs is 1. The van der Waals surface area contributed by atoms with Crippen LogP contribution in [0.1, 0.15) is 24.4 Å². The van der Waals surface area contributed by atoms with E-state index >= 15 is 0 Å². The number of thiazole rings is 1. The van der Waals surface area contributed by atoms with E-state index in [0.29, 0.717) is 5.56 Å². The lowest BCUT2D eigenvalue weighted by Gasteiger charge is -2.23. The minimum Gasteiger partial charge on any atom is -0.508 e. The summed E-state index contributed by atoms with van der Waals surface area (Å²) >= 11 is 1.53. The first-order valence-electron chi connectivity index (χ1n) is 6.73. The van der Waals surface area contributed by atoms with Gasteiger partial charge in [-0.05, 0) is 32.0 Å². The summed E-state index contributed by atoms with van der Waals surface area (Å²) in [5.41, 5.74) is 0.725. The number of hydrogen-bond acceptors (Lipinski definition) is 5. The van der Waals surface area contributed by atoms with Gasteiger partial charge in [0.05, 0.1) is 15.1 Å². The third kappa shape index (κ3) is 2.31. The maximum atomic E-state index is 11.0. The molecule has 0 spiro atoms. The predicted molar refractivity (Wildman–Crippen MR) is 86.5 cm³/mol. The third-order valence-corrected chi connectivity index (χ3v) is 5.05. The molecule has 2 aromatic carbocycles. The first kappa shape index (κ1) is 14.5. The Balaban J connectivity index is 2.16. The van der Waals surface area contributed by atoms with Crippen molar-refractivity contribution in [3.8, 4) is 5.75 Å². The van der Waals surface area contributed by atoms with Crippen LogP contribution in [0.15, 0.2) is 42.5 Å². The summed E-state index contributed by atoms with van der Waals surface area (Å²) in [7, 11) is 0. The molecular weight excluding hydrogens is 300 g/mol. The Morgan fingerprint density at radius 3 is 2.64 bits per heavy atom. The Labute approximate surface area is 131 Å². The van der Waals surface area contributed by atoms with Crippen molar-refractivity contribution in [1.82, 2.24) is 4.98 Å². The molecule has 1 N–H and O–H groups in total. The quantitative estimate of drug-likeness (QED) is 0.579. The summed E-state index contributed by atoms with van der Waals surface area (Å²) in [6.07, 6.45) is 0. The van der Waals surface area contributed by atoms with E-state index in [2.05, 4.69) is 4.98 Å². The molecule has 3 rings (SSSR count). The highest BCUT2D eigenvalue weighted by atomic mass is 32.1. The average molecular weight is 314 g/mol. The zero-order valence-corrected chi connectivity index (χ0v) is 12.9. The van der Waals surface area contributed by atoms with Crippen molar-refractivity contribution >= 4 is 27.2 Å². The summed E-state index contributed by atoms with van der Waals surface area (Å²) in [4.78, 5) is 15.1. The van der Waals surface area contributed by atoms with Crippen LogP contribution in [0.25, 0.3) is 10.2 Å². The molecule has 0 bridgehead atoms. The first-order chi connectivity index (χ1) is 10.4. The van der Waals surface area contributed by atoms with Crippen LogP contribution in [0.2, 0.25) is 0 Å². The van der Waals surface area contributed by atoms with Gasteiger partial charge in [-0.15, -0.1) is 11.3 Å². The average Bonchev–Trinajstić information content (AvgIpc) is 2.92. The van der Waals surface area contributed by atoms with Gasteiger partial charge < -0.3 is 5.11 Å². The standard InChI is InChI=1S/C16H14N2O3S/c1-16(2,11-9-10(18(20)21)7-8-13(11)19)15-17-12-5-3-4-6-14(12)22-15/h3-9,19H,1-2H3. The molecule has 0 aliphatic rings. The number of nitrogens with zero attached hydrogens (tertiary/aromatic N) is 2. The zero-order valence-electron chi connectivity index (χ0n) is 12.1. The summed E-state index contributed by atoms with van der Waals surface area (Å²) in [6.45, 7) is 3.81. The lowest BCUT2D eigenvalue weighted by Crippen LogP contribution is -2.19. The van der Waals surface area contributed by atoms with E-state index in [4.69, 9.17) is 0 Å². The molecule has 22 heavy (non-hydrogen) atoms. The first-order valence-corrected chi connectivity index (χ1v) is 7.55. The second-order valence-electron chi connectivity index (χ2n) is 5.57. The number of benzene rings is 2. The molecule has 0 aliphatic heterocycles. The number of non-ortho nitro benzene ring substituents is 1. The number of aromatic nitrogens is 1. The van der Waals surface area contributed by atoms with E-state index in [1.807, 2.05) is 38.1 Å². The van der Waals surface area contributed by atoms with E-state index < -0.39 is 10.3 Å². The van der Waals surface area contributed by atoms with Gasteiger partial charge in [-0.25, -0.2) is 4.98 Å². The number of hydrogen-bond donors (Lipinski definition) is 1. The second kappa shape index (κ2) is 5.06. The number of rotatable bonds is 3. The summed E-state index contributed by atoms with van der Waals surface area (Å²) in [5.74, 6) is 0.0369. The molecule has 112 valence electrons. The van der Waals surface area contributed by atoms with Gasteiger partial charge in [-0.1, -0.05) is 12.1 Å². The zero-order chi connectivity index (χ0) is 15.9. The molecule has 0 fully saturated rings. The molecule has 5 nitrogen and oxygen atoms in total. The Kier molecular flexibility index (Phi) is 3.33. The van der Waals surface area contributed by atoms with E-state index in [-0.39, 0.29) is 11.4 Å². The van der Waals surface area contributed by atoms with Gasteiger partial charge in [-0.3, -0.25) is 10.1 Å². The van der Waals surface area contributed by atoms with Crippen molar-refractivity contribution in [2.45, 2.75) is 19.3 Å². The van der Waals surface area contributed by atoms with Crippen LogP contribution in [0, 0.1) is 10.1 Å². The van der Waals surface area contributed by atoms with Crippen LogP contribution >= 0.6 is 11.3 Å². The minimum atomic E-state index is -0.625. The van der Waals surface area contributed by atoms with Crippen LogP contribution in [0.5, 0.6) is 5.75 Å². The number of aromatic hydroxyl groups is 1. The Morgan fingerprint density at radius 2 is 1.95 bits per heavy atom. The fourth-order valence-corrected chi connectivity index (χ4v) is 3.48. The molecule has 0 radical (unpaired) electrons. The molecule has 1 heterocycles. The van der Waals surface area contributed by atoms with E-state index in [1.165, 1.54) is 29.5 Å². The van der Waals surface area contributed by atoms with Gasteiger partial charge in [-0.2, -0.15) is 0 Å². The fourth-order valence-electron chi connectivity index (χ4n) is 2.39. The Hall–Kier alpha value is -2.47. The topological polar surface area (TPSA) is 76.3 Å². The van der Waals surface area contributed by atoms with Gasteiger partial charge >= 0.3 is 0 Å². The summed E-state index contributed by atoms with van der Waals surface area (Å²) < 4.78 is 1.05. The Morgan fingerprint density at radius 1 is 1.23 bits per heavy atom. The summed E-state index contributed by atoms with van der Waals surface area (Å²) in [6, 6.07) is 11.9. The number of para-hydroxylation sites is 1. The molecule has 3 aromatic rings. The van der Waals surface area contributed by atoms with Gasteiger partial charge in [0.15, 0.2) is 0 Å². The number of nitro groups is 1. The van der Waals surface area contributed by atoms with Crippen LogP contribution in [0.3, 0.4) is 0 Å². The molecule has 0 saturated carbocycles. The second-order valence-corrected chi connectivity index (χ2v) is 6.60. The number of phenolic OH excluding ortho intramolecular Hbond substituents is 1. The number of phenols is 1. The van der Waals surface area contributed by atoms with E-state index in [1.54, 1.807) is 0 Å². The van der Waals surface area contributed by atoms with Gasteiger partial charge in [0, 0.05) is 23.1 Å². The van der Waals surface area contributed by atoms with Gasteiger partial charge in [0.25, 0.3) is 5.69 Å². The lowest BCUT2D eigenvalue weighted by molar-refractivity contribution is -0.385. The molecule has 6 heteroatoms. The van der Waals surface area contributed by atoms with Crippen LogP contribution in [0.4, 0.5) is 5.69 Å². The molecule has 0 saturated heterocycles. The normalized spacial score (nSPS) is 11.7.